The fourth-order valence-corrected chi connectivity index (χ4v) is 4.61. The largest absolute Gasteiger partial charge is 0.489 e. The summed E-state index contributed by atoms with van der Waals surface area (Å²) in [4.78, 5) is 29.4. The molecule has 1 amide bonds. The molecular weight excluding hydrogens is 523 g/mol. The number of anilines is 1. The maximum absolute atomic E-state index is 15.1. The lowest BCUT2D eigenvalue weighted by Crippen LogP contribution is -2.38. The molecule has 3 rings (SSSR count). The first-order valence-electron chi connectivity index (χ1n) is 14.1. The van der Waals surface area contributed by atoms with E-state index in [1.165, 1.54) is 6.07 Å². The van der Waals surface area contributed by atoms with E-state index in [1.807, 2.05) is 57.9 Å². The number of halogens is 1. The van der Waals surface area contributed by atoms with Crippen LogP contribution < -0.4 is 20.3 Å². The van der Waals surface area contributed by atoms with Gasteiger partial charge in [-0.25, -0.2) is 4.39 Å². The Hall–Kier alpha value is -3.69. The maximum atomic E-state index is 15.1. The summed E-state index contributed by atoms with van der Waals surface area (Å²) in [6.45, 7) is 12.7. The minimum Gasteiger partial charge on any atom is -0.489 e. The molecule has 2 aromatic rings. The zero-order valence-corrected chi connectivity index (χ0v) is 25.1. The van der Waals surface area contributed by atoms with E-state index in [1.54, 1.807) is 19.2 Å². The third-order valence-corrected chi connectivity index (χ3v) is 7.46. The topological polar surface area (TPSA) is 83.1 Å². The summed E-state index contributed by atoms with van der Waals surface area (Å²) in [6.07, 6.45) is 2.63. The van der Waals surface area contributed by atoms with Crippen molar-refractivity contribution in [1.82, 2.24) is 15.5 Å². The van der Waals surface area contributed by atoms with Crippen LogP contribution in [0.3, 0.4) is 0 Å². The van der Waals surface area contributed by atoms with Crippen molar-refractivity contribution in [3.05, 3.63) is 70.2 Å². The smallest absolute Gasteiger partial charge is 0.251 e. The van der Waals surface area contributed by atoms with Crippen LogP contribution in [0.1, 0.15) is 36.7 Å². The lowest BCUT2D eigenvalue weighted by atomic mass is 9.96. The van der Waals surface area contributed by atoms with Gasteiger partial charge in [0.25, 0.3) is 5.91 Å². The third kappa shape index (κ3) is 8.65. The van der Waals surface area contributed by atoms with Crippen LogP contribution in [0.5, 0.6) is 5.75 Å². The number of nitrogens with one attached hydrogen (secondary N) is 2. The van der Waals surface area contributed by atoms with Crippen molar-refractivity contribution in [3.8, 4) is 16.9 Å². The molecule has 0 radical (unpaired) electrons. The lowest BCUT2D eigenvalue weighted by molar-refractivity contribution is -0.105. The first kappa shape index (κ1) is 31.8. The second kappa shape index (κ2) is 15.3. The average molecular weight is 567 g/mol. The van der Waals surface area contributed by atoms with Gasteiger partial charge in [-0.05, 0) is 80.3 Å². The molecule has 0 spiro atoms. The van der Waals surface area contributed by atoms with E-state index in [-0.39, 0.29) is 18.2 Å². The Balaban J connectivity index is 1.84. The van der Waals surface area contributed by atoms with Crippen molar-refractivity contribution in [1.29, 1.82) is 0 Å². The molecule has 2 N–H and O–H groups in total. The molecule has 0 saturated carbocycles. The number of aldehydes is 1. The highest BCUT2D eigenvalue weighted by atomic mass is 19.1. The zero-order valence-electron chi connectivity index (χ0n) is 25.1. The van der Waals surface area contributed by atoms with E-state index in [0.29, 0.717) is 48.6 Å². The molecule has 1 aliphatic heterocycles. The number of hydrogen-bond acceptors (Lipinski definition) is 7. The van der Waals surface area contributed by atoms with Crippen molar-refractivity contribution in [2.45, 2.75) is 27.7 Å². The van der Waals surface area contributed by atoms with Crippen molar-refractivity contribution < 1.29 is 23.5 Å². The minimum atomic E-state index is -0.456. The van der Waals surface area contributed by atoms with Crippen LogP contribution in [-0.2, 0) is 9.53 Å². The van der Waals surface area contributed by atoms with Gasteiger partial charge in [-0.3, -0.25) is 14.5 Å². The van der Waals surface area contributed by atoms with E-state index in [9.17, 15) is 9.59 Å². The molecule has 41 heavy (non-hydrogen) atoms. The second-order valence-electron chi connectivity index (χ2n) is 10.2. The fourth-order valence-electron chi connectivity index (χ4n) is 4.61. The van der Waals surface area contributed by atoms with Crippen molar-refractivity contribution in [2.24, 2.45) is 0 Å². The van der Waals surface area contributed by atoms with E-state index in [0.717, 1.165) is 48.4 Å². The van der Waals surface area contributed by atoms with Gasteiger partial charge in [-0.15, -0.1) is 0 Å². The maximum Gasteiger partial charge on any atom is 0.251 e. The summed E-state index contributed by atoms with van der Waals surface area (Å²) >= 11 is 0. The number of hydrogen-bond donors (Lipinski definition) is 2. The number of benzene rings is 2. The standard InChI is InChI=1S/C32H43FN4O4/c1-7-36(6)30-19-26(25-8-9-31(29(33)18-25)41-15-12-37-10-13-40-14-11-37)17-28(24(30)4)32(39)35-20-27(21-38)22(2)16-23(3)34-5/h8-9,16-19,21,34H,7,10-15,20H2,1-6H3,(H,35,39)/b23-16-,27-22-. The van der Waals surface area contributed by atoms with E-state index in [2.05, 4.69) is 15.5 Å². The van der Waals surface area contributed by atoms with Gasteiger partial charge in [-0.2, -0.15) is 0 Å². The van der Waals surface area contributed by atoms with Crippen LogP contribution >= 0.6 is 0 Å². The van der Waals surface area contributed by atoms with Crippen LogP contribution in [0.15, 0.2) is 53.3 Å². The van der Waals surface area contributed by atoms with Gasteiger partial charge >= 0.3 is 0 Å². The summed E-state index contributed by atoms with van der Waals surface area (Å²) in [5.74, 6) is -0.563. The Morgan fingerprint density at radius 3 is 2.54 bits per heavy atom. The molecule has 0 atom stereocenters. The Morgan fingerprint density at radius 1 is 1.17 bits per heavy atom. The molecule has 2 aromatic carbocycles. The van der Waals surface area contributed by atoms with Gasteiger partial charge in [0.1, 0.15) is 12.9 Å². The number of ether oxygens (including phenoxy) is 2. The Labute approximate surface area is 243 Å². The number of carbonyl (C=O) groups is 2. The average Bonchev–Trinajstić information content (AvgIpc) is 2.98. The van der Waals surface area contributed by atoms with Crippen LogP contribution in [-0.4, -0.2) is 83.7 Å². The first-order chi connectivity index (χ1) is 19.7. The first-order valence-corrected chi connectivity index (χ1v) is 14.1. The van der Waals surface area contributed by atoms with E-state index in [4.69, 9.17) is 9.47 Å². The van der Waals surface area contributed by atoms with Crippen molar-refractivity contribution in [2.75, 3.05) is 71.5 Å². The molecule has 0 aromatic heterocycles. The Morgan fingerprint density at radius 2 is 1.90 bits per heavy atom. The van der Waals surface area contributed by atoms with E-state index >= 15 is 4.39 Å². The summed E-state index contributed by atoms with van der Waals surface area (Å²) < 4.78 is 26.2. The highest BCUT2D eigenvalue weighted by Gasteiger charge is 2.18. The van der Waals surface area contributed by atoms with Crippen LogP contribution in [0.2, 0.25) is 0 Å². The number of nitrogens with zero attached hydrogens (tertiary/aromatic N) is 2. The third-order valence-electron chi connectivity index (χ3n) is 7.46. The van der Waals surface area contributed by atoms with Gasteiger partial charge in [0.2, 0.25) is 0 Å². The van der Waals surface area contributed by atoms with Crippen LogP contribution in [0.4, 0.5) is 10.1 Å². The van der Waals surface area contributed by atoms with Crippen LogP contribution in [0.25, 0.3) is 11.1 Å². The fraction of sp³-hybridized carbons (Fsp3) is 0.438. The highest BCUT2D eigenvalue weighted by Crippen LogP contribution is 2.32. The minimum absolute atomic E-state index is 0.0927. The molecule has 0 aliphatic carbocycles. The summed E-state index contributed by atoms with van der Waals surface area (Å²) in [5.41, 5.74) is 5.66. The Bertz CT molecular complexity index is 1280. The molecule has 0 unspecified atom stereocenters. The van der Waals surface area contributed by atoms with Gasteiger partial charge in [0, 0.05) is 69.3 Å². The lowest BCUT2D eigenvalue weighted by Gasteiger charge is -2.26. The van der Waals surface area contributed by atoms with Gasteiger partial charge in [0.05, 0.1) is 13.2 Å². The quantitative estimate of drug-likeness (QED) is 0.212. The van der Waals surface area contributed by atoms with E-state index < -0.39 is 5.82 Å². The van der Waals surface area contributed by atoms with Crippen molar-refractivity contribution in [3.63, 3.8) is 0 Å². The molecule has 1 aliphatic rings. The van der Waals surface area contributed by atoms with Gasteiger partial charge < -0.3 is 25.0 Å². The summed E-state index contributed by atoms with van der Waals surface area (Å²) in [5, 5.41) is 5.92. The number of rotatable bonds is 13. The number of allylic oxidation sites excluding steroid dienone is 3. The zero-order chi connectivity index (χ0) is 29.9. The monoisotopic (exact) mass is 566 g/mol. The molecule has 1 saturated heterocycles. The molecule has 8 nitrogen and oxygen atoms in total. The molecule has 1 fully saturated rings. The predicted octanol–water partition coefficient (Wildman–Crippen LogP) is 4.34. The normalized spacial score (nSPS) is 14.8. The number of amides is 1. The van der Waals surface area contributed by atoms with Gasteiger partial charge in [0.15, 0.2) is 11.6 Å². The number of carbonyl (C=O) groups excluding carboxylic acids is 2. The van der Waals surface area contributed by atoms with Gasteiger partial charge in [-0.1, -0.05) is 6.07 Å². The number of morpholine rings is 1. The van der Waals surface area contributed by atoms with Crippen molar-refractivity contribution >= 4 is 17.9 Å². The molecule has 1 heterocycles. The summed E-state index contributed by atoms with van der Waals surface area (Å²) in [7, 11) is 3.76. The molecular formula is C32H43FN4O4. The summed E-state index contributed by atoms with van der Waals surface area (Å²) in [6, 6.07) is 8.63. The van der Waals surface area contributed by atoms with Crippen LogP contribution in [0, 0.1) is 12.7 Å². The highest BCUT2D eigenvalue weighted by molar-refractivity contribution is 5.99. The molecule has 9 heteroatoms. The SMILES string of the molecule is CCN(C)c1cc(-c2ccc(OCCN3CCOCC3)c(F)c2)cc(C(=O)NC/C(C=O)=C(C)/C=C(/C)NC)c1C. The second-order valence-corrected chi connectivity index (χ2v) is 10.2. The molecule has 0 bridgehead atoms. The Kier molecular flexibility index (Phi) is 11.9. The molecule has 222 valence electrons. The predicted molar refractivity (Wildman–Crippen MR) is 162 cm³/mol.